The van der Waals surface area contributed by atoms with E-state index in [1.54, 1.807) is 6.07 Å². The van der Waals surface area contributed by atoms with E-state index in [-0.39, 0.29) is 5.82 Å². The molecule has 2 aromatic carbocycles. The molecular weight excluding hydrogens is 319 g/mol. The van der Waals surface area contributed by atoms with Crippen LogP contribution in [0.3, 0.4) is 0 Å². The number of anilines is 1. The molecule has 20 heavy (non-hydrogen) atoms. The highest BCUT2D eigenvalue weighted by Gasteiger charge is 2.04. The summed E-state index contributed by atoms with van der Waals surface area (Å²) in [4.78, 5) is 2.10. The highest BCUT2D eigenvalue weighted by molar-refractivity contribution is 9.10. The molecule has 0 saturated heterocycles. The van der Waals surface area contributed by atoms with Crippen LogP contribution >= 0.6 is 15.9 Å². The number of benzene rings is 2. The van der Waals surface area contributed by atoms with Gasteiger partial charge < -0.3 is 10.2 Å². The zero-order valence-corrected chi connectivity index (χ0v) is 13.0. The summed E-state index contributed by atoms with van der Waals surface area (Å²) < 4.78 is 14.6. The third kappa shape index (κ3) is 4.62. The molecular formula is C16H18BrFN2. The van der Waals surface area contributed by atoms with Crippen molar-refractivity contribution in [2.75, 3.05) is 25.5 Å². The van der Waals surface area contributed by atoms with Gasteiger partial charge in [0.1, 0.15) is 5.82 Å². The third-order valence-electron chi connectivity index (χ3n) is 3.06. The van der Waals surface area contributed by atoms with Gasteiger partial charge in [0.25, 0.3) is 0 Å². The predicted octanol–water partition coefficient (Wildman–Crippen LogP) is 4.13. The Morgan fingerprint density at radius 2 is 1.80 bits per heavy atom. The molecule has 0 saturated carbocycles. The minimum absolute atomic E-state index is 0.139. The van der Waals surface area contributed by atoms with Crippen LogP contribution in [0.15, 0.2) is 53.0 Å². The van der Waals surface area contributed by atoms with E-state index in [1.165, 1.54) is 6.07 Å². The van der Waals surface area contributed by atoms with Crippen LogP contribution in [0.5, 0.6) is 0 Å². The number of hydrogen-bond donors (Lipinski definition) is 1. The van der Waals surface area contributed by atoms with Crippen LogP contribution < -0.4 is 5.32 Å². The molecule has 2 rings (SSSR count). The smallest absolute Gasteiger partial charge is 0.127 e. The van der Waals surface area contributed by atoms with Crippen LogP contribution in [-0.4, -0.2) is 25.0 Å². The molecule has 0 spiro atoms. The molecule has 2 aromatic rings. The molecule has 0 heterocycles. The van der Waals surface area contributed by atoms with Gasteiger partial charge in [-0.05, 0) is 37.4 Å². The van der Waals surface area contributed by atoms with E-state index in [2.05, 4.69) is 26.1 Å². The van der Waals surface area contributed by atoms with E-state index < -0.39 is 0 Å². The average Bonchev–Trinajstić information content (AvgIpc) is 2.44. The van der Waals surface area contributed by atoms with Gasteiger partial charge >= 0.3 is 0 Å². The quantitative estimate of drug-likeness (QED) is 0.853. The van der Waals surface area contributed by atoms with Crippen molar-refractivity contribution < 1.29 is 4.39 Å². The fourth-order valence-electron chi connectivity index (χ4n) is 1.96. The number of hydrogen-bond acceptors (Lipinski definition) is 2. The summed E-state index contributed by atoms with van der Waals surface area (Å²) in [5, 5.41) is 3.35. The molecule has 0 atom stereocenters. The maximum atomic E-state index is 13.5. The molecule has 2 nitrogen and oxygen atoms in total. The highest BCUT2D eigenvalue weighted by Crippen LogP contribution is 2.14. The molecule has 0 aliphatic carbocycles. The van der Waals surface area contributed by atoms with Gasteiger partial charge in [-0.15, -0.1) is 0 Å². The van der Waals surface area contributed by atoms with Crippen LogP contribution in [0, 0.1) is 5.82 Å². The van der Waals surface area contributed by atoms with Crippen LogP contribution in [0.1, 0.15) is 5.56 Å². The summed E-state index contributed by atoms with van der Waals surface area (Å²) in [5.41, 5.74) is 1.83. The normalized spacial score (nSPS) is 10.8. The monoisotopic (exact) mass is 336 g/mol. The van der Waals surface area contributed by atoms with Crippen molar-refractivity contribution in [3.63, 3.8) is 0 Å². The SMILES string of the molecule is CN(CCNc1ccc(Br)cc1)Cc1ccccc1F. The number of likely N-dealkylation sites (N-methyl/N-ethyl adjacent to an activating group) is 1. The van der Waals surface area contributed by atoms with E-state index in [0.29, 0.717) is 6.54 Å². The molecule has 106 valence electrons. The number of nitrogens with one attached hydrogen (secondary N) is 1. The predicted molar refractivity (Wildman–Crippen MR) is 85.4 cm³/mol. The van der Waals surface area contributed by atoms with Gasteiger partial charge in [-0.1, -0.05) is 34.1 Å². The van der Waals surface area contributed by atoms with Crippen molar-refractivity contribution in [2.45, 2.75) is 6.54 Å². The lowest BCUT2D eigenvalue weighted by atomic mass is 10.2. The zero-order valence-electron chi connectivity index (χ0n) is 11.4. The summed E-state index contributed by atoms with van der Waals surface area (Å²) in [6.45, 7) is 2.30. The molecule has 0 aromatic heterocycles. The van der Waals surface area contributed by atoms with Crippen molar-refractivity contribution in [2.24, 2.45) is 0 Å². The van der Waals surface area contributed by atoms with Crippen LogP contribution in [-0.2, 0) is 6.54 Å². The first kappa shape index (κ1) is 15.0. The molecule has 0 bridgehead atoms. The first-order valence-corrected chi connectivity index (χ1v) is 7.36. The maximum absolute atomic E-state index is 13.5. The fourth-order valence-corrected chi connectivity index (χ4v) is 2.22. The van der Waals surface area contributed by atoms with Crippen LogP contribution in [0.2, 0.25) is 0 Å². The lowest BCUT2D eigenvalue weighted by Gasteiger charge is -2.17. The second-order valence-corrected chi connectivity index (χ2v) is 5.68. The van der Waals surface area contributed by atoms with E-state index in [9.17, 15) is 4.39 Å². The minimum atomic E-state index is -0.139. The second-order valence-electron chi connectivity index (χ2n) is 4.76. The van der Waals surface area contributed by atoms with E-state index in [0.717, 1.165) is 28.8 Å². The molecule has 4 heteroatoms. The molecule has 0 aliphatic heterocycles. The van der Waals surface area contributed by atoms with Gasteiger partial charge in [0.15, 0.2) is 0 Å². The lowest BCUT2D eigenvalue weighted by molar-refractivity contribution is 0.334. The molecule has 0 radical (unpaired) electrons. The maximum Gasteiger partial charge on any atom is 0.127 e. The zero-order chi connectivity index (χ0) is 14.4. The Balaban J connectivity index is 1.76. The number of halogens is 2. The first-order valence-electron chi connectivity index (χ1n) is 6.56. The van der Waals surface area contributed by atoms with Crippen LogP contribution in [0.25, 0.3) is 0 Å². The van der Waals surface area contributed by atoms with Gasteiger partial charge in [-0.3, -0.25) is 0 Å². The molecule has 0 unspecified atom stereocenters. The topological polar surface area (TPSA) is 15.3 Å². The van der Waals surface area contributed by atoms with Crippen molar-refractivity contribution in [3.8, 4) is 0 Å². The van der Waals surface area contributed by atoms with Gasteiger partial charge in [-0.25, -0.2) is 4.39 Å². The highest BCUT2D eigenvalue weighted by atomic mass is 79.9. The fraction of sp³-hybridized carbons (Fsp3) is 0.250. The standard InChI is InChI=1S/C16H18BrFN2/c1-20(12-13-4-2-3-5-16(13)18)11-10-19-15-8-6-14(17)7-9-15/h2-9,19H,10-12H2,1H3. The number of nitrogens with zero attached hydrogens (tertiary/aromatic N) is 1. The van der Waals surface area contributed by atoms with Crippen molar-refractivity contribution in [1.29, 1.82) is 0 Å². The van der Waals surface area contributed by atoms with Crippen molar-refractivity contribution >= 4 is 21.6 Å². The summed E-state index contributed by atoms with van der Waals surface area (Å²) >= 11 is 3.41. The first-order chi connectivity index (χ1) is 9.65. The Kier molecular flexibility index (Phi) is 5.56. The third-order valence-corrected chi connectivity index (χ3v) is 3.59. The van der Waals surface area contributed by atoms with Gasteiger partial charge in [0.2, 0.25) is 0 Å². The van der Waals surface area contributed by atoms with E-state index >= 15 is 0 Å². The van der Waals surface area contributed by atoms with Gasteiger partial charge in [-0.2, -0.15) is 0 Å². The molecule has 0 aliphatic rings. The number of rotatable bonds is 6. The summed E-state index contributed by atoms with van der Waals surface area (Å²) in [6.07, 6.45) is 0. The Labute approximate surface area is 127 Å². The molecule has 0 amide bonds. The molecule has 0 fully saturated rings. The Morgan fingerprint density at radius 1 is 1.10 bits per heavy atom. The largest absolute Gasteiger partial charge is 0.384 e. The van der Waals surface area contributed by atoms with E-state index in [4.69, 9.17) is 0 Å². The Morgan fingerprint density at radius 3 is 2.50 bits per heavy atom. The average molecular weight is 337 g/mol. The van der Waals surface area contributed by atoms with Crippen molar-refractivity contribution in [3.05, 3.63) is 64.4 Å². The van der Waals surface area contributed by atoms with Crippen LogP contribution in [0.4, 0.5) is 10.1 Å². The summed E-state index contributed by atoms with van der Waals surface area (Å²) in [7, 11) is 2.00. The van der Waals surface area contributed by atoms with Gasteiger partial charge in [0, 0.05) is 35.4 Å². The van der Waals surface area contributed by atoms with Gasteiger partial charge in [0.05, 0.1) is 0 Å². The minimum Gasteiger partial charge on any atom is -0.384 e. The lowest BCUT2D eigenvalue weighted by Crippen LogP contribution is -2.25. The summed E-state index contributed by atoms with van der Waals surface area (Å²) in [5.74, 6) is -0.139. The molecule has 1 N–H and O–H groups in total. The van der Waals surface area contributed by atoms with Crippen molar-refractivity contribution in [1.82, 2.24) is 4.90 Å². The Bertz CT molecular complexity index is 542. The van der Waals surface area contributed by atoms with E-state index in [1.807, 2.05) is 43.4 Å². The summed E-state index contributed by atoms with van der Waals surface area (Å²) in [6, 6.07) is 15.0. The Hall–Kier alpha value is -1.39. The second kappa shape index (κ2) is 7.41.